The van der Waals surface area contributed by atoms with Crippen molar-refractivity contribution in [3.05, 3.63) is 11.6 Å². The summed E-state index contributed by atoms with van der Waals surface area (Å²) in [5.74, 6) is 0. The molecule has 0 amide bonds. The zero-order chi connectivity index (χ0) is 10.8. The van der Waals surface area contributed by atoms with E-state index in [2.05, 4.69) is 19.9 Å². The van der Waals surface area contributed by atoms with Gasteiger partial charge in [-0.15, -0.1) is 0 Å². The van der Waals surface area contributed by atoms with E-state index in [1.807, 2.05) is 13.8 Å². The fourth-order valence-corrected chi connectivity index (χ4v) is 1.30. The monoisotopic (exact) mass is 200 g/mol. The van der Waals surface area contributed by atoms with Crippen LogP contribution < -0.4 is 0 Å². The van der Waals surface area contributed by atoms with Crippen molar-refractivity contribution < 1.29 is 9.47 Å². The highest BCUT2D eigenvalue weighted by molar-refractivity contribution is 5.04. The van der Waals surface area contributed by atoms with Gasteiger partial charge < -0.3 is 9.47 Å². The minimum absolute atomic E-state index is 0.124. The predicted octanol–water partition coefficient (Wildman–Crippen LogP) is 3.52. The highest BCUT2D eigenvalue weighted by Gasteiger charge is 2.11. The molecule has 0 bridgehead atoms. The number of hydrogen-bond acceptors (Lipinski definition) is 2. The van der Waals surface area contributed by atoms with Gasteiger partial charge in [0.2, 0.25) is 0 Å². The third-order valence-electron chi connectivity index (χ3n) is 2.04. The van der Waals surface area contributed by atoms with Gasteiger partial charge in [0.05, 0.1) is 0 Å². The normalized spacial score (nSPS) is 12.5. The number of hydrogen-bond donors (Lipinski definition) is 0. The van der Waals surface area contributed by atoms with Crippen molar-refractivity contribution in [3.8, 4) is 0 Å². The van der Waals surface area contributed by atoms with Gasteiger partial charge in [-0.2, -0.15) is 0 Å². The Balaban J connectivity index is 4.24. The van der Waals surface area contributed by atoms with Crippen LogP contribution in [-0.4, -0.2) is 19.5 Å². The summed E-state index contributed by atoms with van der Waals surface area (Å²) in [6.07, 6.45) is 5.41. The van der Waals surface area contributed by atoms with Gasteiger partial charge in [-0.05, 0) is 32.3 Å². The molecule has 0 aliphatic heterocycles. The SMILES string of the molecule is CCCC=C(CC)C(OCC)OCC. The van der Waals surface area contributed by atoms with Gasteiger partial charge in [0.15, 0.2) is 6.29 Å². The van der Waals surface area contributed by atoms with E-state index in [-0.39, 0.29) is 6.29 Å². The molecule has 0 heterocycles. The van der Waals surface area contributed by atoms with E-state index in [1.165, 1.54) is 12.0 Å². The van der Waals surface area contributed by atoms with E-state index < -0.39 is 0 Å². The highest BCUT2D eigenvalue weighted by atomic mass is 16.7. The first-order valence-corrected chi connectivity index (χ1v) is 5.72. The lowest BCUT2D eigenvalue weighted by Crippen LogP contribution is -2.19. The van der Waals surface area contributed by atoms with Crippen LogP contribution in [0.15, 0.2) is 11.6 Å². The second-order valence-electron chi connectivity index (χ2n) is 3.16. The summed E-state index contributed by atoms with van der Waals surface area (Å²) in [6.45, 7) is 9.73. The van der Waals surface area contributed by atoms with Gasteiger partial charge in [0.25, 0.3) is 0 Å². The van der Waals surface area contributed by atoms with Crippen molar-refractivity contribution in [1.82, 2.24) is 0 Å². The van der Waals surface area contributed by atoms with Crippen LogP contribution in [0.25, 0.3) is 0 Å². The summed E-state index contributed by atoms with van der Waals surface area (Å²) in [6, 6.07) is 0. The molecule has 0 radical (unpaired) electrons. The van der Waals surface area contributed by atoms with Gasteiger partial charge in [0.1, 0.15) is 0 Å². The van der Waals surface area contributed by atoms with E-state index in [9.17, 15) is 0 Å². The average molecular weight is 200 g/mol. The summed E-state index contributed by atoms with van der Waals surface area (Å²) in [5.41, 5.74) is 1.27. The van der Waals surface area contributed by atoms with Crippen LogP contribution in [0.2, 0.25) is 0 Å². The molecule has 0 saturated heterocycles. The smallest absolute Gasteiger partial charge is 0.179 e. The van der Waals surface area contributed by atoms with E-state index >= 15 is 0 Å². The number of allylic oxidation sites excluding steroid dienone is 1. The first-order valence-electron chi connectivity index (χ1n) is 5.72. The Hall–Kier alpha value is -0.340. The molecule has 0 N–H and O–H groups in total. The highest BCUT2D eigenvalue weighted by Crippen LogP contribution is 2.14. The van der Waals surface area contributed by atoms with Crippen LogP contribution in [0.1, 0.15) is 47.0 Å². The second kappa shape index (κ2) is 9.22. The van der Waals surface area contributed by atoms with Gasteiger partial charge in [-0.3, -0.25) is 0 Å². The summed E-state index contributed by atoms with van der Waals surface area (Å²) in [4.78, 5) is 0. The standard InChI is InChI=1S/C12H24O2/c1-5-9-10-11(6-2)12(13-7-3)14-8-4/h10,12H,5-9H2,1-4H3. The van der Waals surface area contributed by atoms with Crippen LogP contribution >= 0.6 is 0 Å². The molecule has 14 heavy (non-hydrogen) atoms. The minimum Gasteiger partial charge on any atom is -0.349 e. The summed E-state index contributed by atoms with van der Waals surface area (Å²) < 4.78 is 11.1. The van der Waals surface area contributed by atoms with Crippen molar-refractivity contribution in [2.45, 2.75) is 53.2 Å². The topological polar surface area (TPSA) is 18.5 Å². The summed E-state index contributed by atoms with van der Waals surface area (Å²) >= 11 is 0. The lowest BCUT2D eigenvalue weighted by atomic mass is 10.1. The maximum Gasteiger partial charge on any atom is 0.179 e. The Labute approximate surface area is 88.3 Å². The molecule has 0 aromatic rings. The fourth-order valence-electron chi connectivity index (χ4n) is 1.30. The number of rotatable bonds is 8. The molecule has 0 atom stereocenters. The minimum atomic E-state index is -0.124. The maximum absolute atomic E-state index is 5.54. The van der Waals surface area contributed by atoms with Crippen LogP contribution in [0.4, 0.5) is 0 Å². The molecule has 0 saturated carbocycles. The van der Waals surface area contributed by atoms with Crippen LogP contribution in [0.3, 0.4) is 0 Å². The Morgan fingerprint density at radius 2 is 1.64 bits per heavy atom. The third kappa shape index (κ3) is 5.40. The van der Waals surface area contributed by atoms with E-state index in [1.54, 1.807) is 0 Å². The molecule has 0 aliphatic rings. The Kier molecular flexibility index (Phi) is 9.00. The third-order valence-corrected chi connectivity index (χ3v) is 2.04. The first kappa shape index (κ1) is 13.7. The van der Waals surface area contributed by atoms with Crippen molar-refractivity contribution in [2.75, 3.05) is 13.2 Å². The fraction of sp³-hybridized carbons (Fsp3) is 0.833. The molecular formula is C12H24O2. The zero-order valence-electron chi connectivity index (χ0n) is 10.0. The lowest BCUT2D eigenvalue weighted by molar-refractivity contribution is -0.112. The number of ether oxygens (including phenoxy) is 2. The lowest BCUT2D eigenvalue weighted by Gasteiger charge is -2.19. The van der Waals surface area contributed by atoms with Crippen LogP contribution in [-0.2, 0) is 9.47 Å². The molecular weight excluding hydrogens is 176 g/mol. The molecule has 0 unspecified atom stereocenters. The Morgan fingerprint density at radius 3 is 2.00 bits per heavy atom. The zero-order valence-corrected chi connectivity index (χ0v) is 10.0. The molecule has 0 spiro atoms. The molecule has 0 aliphatic carbocycles. The molecule has 0 aromatic carbocycles. The van der Waals surface area contributed by atoms with Crippen LogP contribution in [0, 0.1) is 0 Å². The van der Waals surface area contributed by atoms with Gasteiger partial charge in [-0.25, -0.2) is 0 Å². The quantitative estimate of drug-likeness (QED) is 0.441. The van der Waals surface area contributed by atoms with Crippen molar-refractivity contribution in [1.29, 1.82) is 0 Å². The average Bonchev–Trinajstić information content (AvgIpc) is 2.19. The molecule has 0 rings (SSSR count). The van der Waals surface area contributed by atoms with Crippen molar-refractivity contribution in [3.63, 3.8) is 0 Å². The van der Waals surface area contributed by atoms with E-state index in [0.717, 1.165) is 12.8 Å². The predicted molar refractivity (Wildman–Crippen MR) is 60.3 cm³/mol. The largest absolute Gasteiger partial charge is 0.349 e. The van der Waals surface area contributed by atoms with Crippen molar-refractivity contribution in [2.24, 2.45) is 0 Å². The van der Waals surface area contributed by atoms with Gasteiger partial charge in [0, 0.05) is 13.2 Å². The summed E-state index contributed by atoms with van der Waals surface area (Å²) in [7, 11) is 0. The Morgan fingerprint density at radius 1 is 1.07 bits per heavy atom. The first-order chi connectivity index (χ1) is 6.79. The van der Waals surface area contributed by atoms with Crippen molar-refractivity contribution >= 4 is 0 Å². The maximum atomic E-state index is 5.54. The van der Waals surface area contributed by atoms with Gasteiger partial charge >= 0.3 is 0 Å². The Bertz CT molecular complexity index is 146. The molecule has 0 aromatic heterocycles. The van der Waals surface area contributed by atoms with E-state index in [4.69, 9.17) is 9.47 Å². The van der Waals surface area contributed by atoms with E-state index in [0.29, 0.717) is 13.2 Å². The molecule has 2 nitrogen and oxygen atoms in total. The molecule has 2 heteroatoms. The summed E-state index contributed by atoms with van der Waals surface area (Å²) in [5, 5.41) is 0. The number of unbranched alkanes of at least 4 members (excludes halogenated alkanes) is 1. The molecule has 84 valence electrons. The second-order valence-corrected chi connectivity index (χ2v) is 3.16. The van der Waals surface area contributed by atoms with Gasteiger partial charge in [-0.1, -0.05) is 26.3 Å². The molecule has 0 fully saturated rings. The van der Waals surface area contributed by atoms with Crippen LogP contribution in [0.5, 0.6) is 0 Å².